The van der Waals surface area contributed by atoms with Gasteiger partial charge in [-0.3, -0.25) is 14.3 Å². The predicted octanol–water partition coefficient (Wildman–Crippen LogP) is 1.90. The van der Waals surface area contributed by atoms with Gasteiger partial charge in [-0.05, 0) is 18.6 Å². The van der Waals surface area contributed by atoms with E-state index in [9.17, 15) is 9.59 Å². The maximum atomic E-state index is 12.5. The molecule has 0 bridgehead atoms. The molecule has 0 saturated heterocycles. The standard InChI is InChI=1S/C16H16N4O2S/c1-9-11-8-12(23-16(11)20(2)19-9)15(22)18-13(14(17)21)10-6-4-3-5-7-10/h3-8,13H,1-2H3,(H2,17,21)(H,18,22). The SMILES string of the molecule is Cc1nn(C)c2sc(C(=O)NC(C(N)=O)c3ccccc3)cc12. The van der Waals surface area contributed by atoms with Crippen LogP contribution in [0, 0.1) is 6.92 Å². The van der Waals surface area contributed by atoms with Crippen LogP contribution in [0.4, 0.5) is 0 Å². The van der Waals surface area contributed by atoms with Gasteiger partial charge in [-0.2, -0.15) is 5.10 Å². The minimum absolute atomic E-state index is 0.321. The number of nitrogens with one attached hydrogen (secondary N) is 1. The van der Waals surface area contributed by atoms with Gasteiger partial charge in [-0.15, -0.1) is 11.3 Å². The van der Waals surface area contributed by atoms with Crippen molar-refractivity contribution in [1.82, 2.24) is 15.1 Å². The van der Waals surface area contributed by atoms with Crippen LogP contribution in [0.3, 0.4) is 0 Å². The number of primary amides is 1. The summed E-state index contributed by atoms with van der Waals surface area (Å²) < 4.78 is 1.74. The molecule has 118 valence electrons. The Morgan fingerprint density at radius 3 is 2.61 bits per heavy atom. The maximum absolute atomic E-state index is 12.5. The van der Waals surface area contributed by atoms with Crippen molar-refractivity contribution in [3.05, 3.63) is 52.5 Å². The zero-order chi connectivity index (χ0) is 16.6. The Bertz CT molecular complexity index is 848. The second kappa shape index (κ2) is 5.85. The van der Waals surface area contributed by atoms with Crippen molar-refractivity contribution < 1.29 is 9.59 Å². The summed E-state index contributed by atoms with van der Waals surface area (Å²) in [6.07, 6.45) is 0. The lowest BCUT2D eigenvalue weighted by Gasteiger charge is -2.15. The topological polar surface area (TPSA) is 90.0 Å². The molecule has 3 N–H and O–H groups in total. The average molecular weight is 328 g/mol. The Kier molecular flexibility index (Phi) is 3.87. The van der Waals surface area contributed by atoms with Crippen molar-refractivity contribution in [2.75, 3.05) is 0 Å². The molecule has 23 heavy (non-hydrogen) atoms. The number of benzene rings is 1. The molecular formula is C16H16N4O2S. The van der Waals surface area contributed by atoms with Crippen LogP contribution in [-0.4, -0.2) is 21.6 Å². The van der Waals surface area contributed by atoms with Gasteiger partial charge >= 0.3 is 0 Å². The van der Waals surface area contributed by atoms with Gasteiger partial charge in [0.25, 0.3) is 5.91 Å². The second-order valence-corrected chi connectivity index (χ2v) is 6.29. The average Bonchev–Trinajstić information content (AvgIpc) is 3.07. The number of nitrogens with two attached hydrogens (primary N) is 1. The third-order valence-electron chi connectivity index (χ3n) is 3.61. The molecule has 7 heteroatoms. The third-order valence-corrected chi connectivity index (χ3v) is 4.81. The fraction of sp³-hybridized carbons (Fsp3) is 0.188. The number of hydrogen-bond acceptors (Lipinski definition) is 4. The molecule has 0 aliphatic heterocycles. The second-order valence-electron chi connectivity index (χ2n) is 5.26. The van der Waals surface area contributed by atoms with E-state index in [1.165, 1.54) is 11.3 Å². The first-order valence-corrected chi connectivity index (χ1v) is 7.87. The number of hydrogen-bond donors (Lipinski definition) is 2. The van der Waals surface area contributed by atoms with E-state index in [1.54, 1.807) is 35.0 Å². The normalized spacial score (nSPS) is 12.3. The van der Waals surface area contributed by atoms with E-state index in [2.05, 4.69) is 10.4 Å². The number of aryl methyl sites for hydroxylation is 2. The molecular weight excluding hydrogens is 312 g/mol. The summed E-state index contributed by atoms with van der Waals surface area (Å²) in [4.78, 5) is 25.6. The van der Waals surface area contributed by atoms with Gasteiger partial charge in [-0.1, -0.05) is 30.3 Å². The van der Waals surface area contributed by atoms with E-state index in [4.69, 9.17) is 5.73 Å². The monoisotopic (exact) mass is 328 g/mol. The molecule has 1 atom stereocenters. The van der Waals surface area contributed by atoms with Crippen LogP contribution in [-0.2, 0) is 11.8 Å². The van der Waals surface area contributed by atoms with Crippen LogP contribution in [0.5, 0.6) is 0 Å². The van der Waals surface area contributed by atoms with E-state index in [1.807, 2.05) is 20.0 Å². The predicted molar refractivity (Wildman–Crippen MR) is 89.2 cm³/mol. The molecule has 0 radical (unpaired) electrons. The summed E-state index contributed by atoms with van der Waals surface area (Å²) in [5, 5.41) is 7.96. The van der Waals surface area contributed by atoms with Crippen LogP contribution in [0.25, 0.3) is 10.2 Å². The fourth-order valence-corrected chi connectivity index (χ4v) is 3.51. The molecule has 2 amide bonds. The van der Waals surface area contributed by atoms with Crippen molar-refractivity contribution in [3.8, 4) is 0 Å². The van der Waals surface area contributed by atoms with Crippen molar-refractivity contribution in [3.63, 3.8) is 0 Å². The van der Waals surface area contributed by atoms with Crippen LogP contribution in [0.1, 0.15) is 27.0 Å². The number of carbonyl (C=O) groups excluding carboxylic acids is 2. The highest BCUT2D eigenvalue weighted by Crippen LogP contribution is 2.28. The lowest BCUT2D eigenvalue weighted by atomic mass is 10.1. The first-order valence-electron chi connectivity index (χ1n) is 7.05. The Morgan fingerprint density at radius 1 is 1.30 bits per heavy atom. The minimum Gasteiger partial charge on any atom is -0.368 e. The van der Waals surface area contributed by atoms with Gasteiger partial charge in [0, 0.05) is 12.4 Å². The van der Waals surface area contributed by atoms with Crippen LogP contribution < -0.4 is 11.1 Å². The summed E-state index contributed by atoms with van der Waals surface area (Å²) in [5.41, 5.74) is 6.96. The lowest BCUT2D eigenvalue weighted by molar-refractivity contribution is -0.120. The van der Waals surface area contributed by atoms with E-state index >= 15 is 0 Å². The number of amides is 2. The van der Waals surface area contributed by atoms with Crippen molar-refractivity contribution >= 4 is 33.4 Å². The molecule has 0 aliphatic rings. The molecule has 2 heterocycles. The van der Waals surface area contributed by atoms with Gasteiger partial charge in [-0.25, -0.2) is 0 Å². The summed E-state index contributed by atoms with van der Waals surface area (Å²) in [6, 6.07) is 9.89. The van der Waals surface area contributed by atoms with Crippen molar-refractivity contribution in [2.45, 2.75) is 13.0 Å². The van der Waals surface area contributed by atoms with E-state index in [0.29, 0.717) is 10.4 Å². The largest absolute Gasteiger partial charge is 0.368 e. The Hall–Kier alpha value is -2.67. The molecule has 0 fully saturated rings. The van der Waals surface area contributed by atoms with Gasteiger partial charge in [0.1, 0.15) is 10.9 Å². The summed E-state index contributed by atoms with van der Waals surface area (Å²) >= 11 is 1.34. The molecule has 2 aromatic heterocycles. The zero-order valence-corrected chi connectivity index (χ0v) is 13.6. The van der Waals surface area contributed by atoms with Crippen LogP contribution in [0.2, 0.25) is 0 Å². The number of aromatic nitrogens is 2. The Morgan fingerprint density at radius 2 is 2.00 bits per heavy atom. The molecule has 3 rings (SSSR count). The first-order chi connectivity index (χ1) is 11.0. The highest BCUT2D eigenvalue weighted by Gasteiger charge is 2.22. The molecule has 0 saturated carbocycles. The van der Waals surface area contributed by atoms with Gasteiger partial charge in [0.2, 0.25) is 5.91 Å². The van der Waals surface area contributed by atoms with Crippen molar-refractivity contribution in [2.24, 2.45) is 12.8 Å². The molecule has 1 unspecified atom stereocenters. The quantitative estimate of drug-likeness (QED) is 0.766. The number of nitrogens with zero attached hydrogens (tertiary/aromatic N) is 2. The first kappa shape index (κ1) is 15.2. The molecule has 3 aromatic rings. The summed E-state index contributed by atoms with van der Waals surface area (Å²) in [7, 11) is 1.84. The molecule has 0 spiro atoms. The van der Waals surface area contributed by atoms with Gasteiger partial charge in [0.05, 0.1) is 10.6 Å². The summed E-state index contributed by atoms with van der Waals surface area (Å²) in [6.45, 7) is 1.90. The van der Waals surface area contributed by atoms with Gasteiger partial charge < -0.3 is 11.1 Å². The number of rotatable bonds is 4. The van der Waals surface area contributed by atoms with Crippen molar-refractivity contribution in [1.29, 1.82) is 0 Å². The lowest BCUT2D eigenvalue weighted by Crippen LogP contribution is -2.37. The fourth-order valence-electron chi connectivity index (χ4n) is 2.48. The third kappa shape index (κ3) is 2.83. The molecule has 1 aromatic carbocycles. The number of carbonyl (C=O) groups is 2. The van der Waals surface area contributed by atoms with E-state index in [0.717, 1.165) is 15.9 Å². The summed E-state index contributed by atoms with van der Waals surface area (Å²) in [5.74, 6) is -0.915. The number of fused-ring (bicyclic) bond motifs is 1. The van der Waals surface area contributed by atoms with E-state index in [-0.39, 0.29) is 5.91 Å². The van der Waals surface area contributed by atoms with Crippen LogP contribution in [0.15, 0.2) is 36.4 Å². The Balaban J connectivity index is 1.89. The minimum atomic E-state index is -0.854. The molecule has 0 aliphatic carbocycles. The zero-order valence-electron chi connectivity index (χ0n) is 12.7. The smallest absolute Gasteiger partial charge is 0.262 e. The number of thiophene rings is 1. The maximum Gasteiger partial charge on any atom is 0.262 e. The van der Waals surface area contributed by atoms with Crippen LogP contribution >= 0.6 is 11.3 Å². The highest BCUT2D eigenvalue weighted by molar-refractivity contribution is 7.20. The highest BCUT2D eigenvalue weighted by atomic mass is 32.1. The Labute approximate surface area is 136 Å². The molecule has 6 nitrogen and oxygen atoms in total. The van der Waals surface area contributed by atoms with Gasteiger partial charge in [0.15, 0.2) is 0 Å². The van der Waals surface area contributed by atoms with E-state index < -0.39 is 11.9 Å².